The van der Waals surface area contributed by atoms with Crippen LogP contribution in [-0.4, -0.2) is 113 Å². The monoisotopic (exact) mass is 2020 g/mol. The minimum Gasteiger partial charge on any atom is -0.497 e. The third kappa shape index (κ3) is 31.5. The Morgan fingerprint density at radius 2 is 0.574 bits per heavy atom. The summed E-state index contributed by atoms with van der Waals surface area (Å²) in [6, 6.07) is 67.2. The normalized spacial score (nSPS) is 13.3. The fourth-order valence-electron chi connectivity index (χ4n) is 15.3. The maximum atomic E-state index is 13.8. The van der Waals surface area contributed by atoms with E-state index >= 15 is 0 Å². The van der Waals surface area contributed by atoms with E-state index in [2.05, 4.69) is 31.7 Å². The van der Waals surface area contributed by atoms with Gasteiger partial charge in [0.2, 0.25) is 0 Å². The van der Waals surface area contributed by atoms with E-state index in [1.54, 1.807) is 130 Å². The molecule has 0 aliphatic heterocycles. The molecule has 5 heterocycles. The maximum absolute atomic E-state index is 13.8. The van der Waals surface area contributed by atoms with Gasteiger partial charge in [-0.05, 0) is 254 Å². The molecule has 2 aliphatic rings. The summed E-state index contributed by atoms with van der Waals surface area (Å²) in [5.74, 6) is 1.33. The van der Waals surface area contributed by atoms with Crippen LogP contribution in [0.4, 0.5) is 17.6 Å². The number of carbonyl (C=O) groups is 5. The zero-order valence-electron chi connectivity index (χ0n) is 82.8. The van der Waals surface area contributed by atoms with E-state index in [9.17, 15) is 41.5 Å². The maximum Gasteiger partial charge on any atom is 0.416 e. The predicted molar refractivity (Wildman–Crippen MR) is 547 cm³/mol. The average molecular weight is 2030 g/mol. The summed E-state index contributed by atoms with van der Waals surface area (Å²) in [5.41, 5.74) is 10.0. The highest BCUT2D eigenvalue weighted by molar-refractivity contribution is 6.32. The van der Waals surface area contributed by atoms with E-state index in [-0.39, 0.29) is 61.1 Å². The van der Waals surface area contributed by atoms with Gasteiger partial charge in [-0.15, -0.1) is 0 Å². The lowest BCUT2D eigenvalue weighted by Crippen LogP contribution is -2.32. The molecule has 0 bridgehead atoms. The van der Waals surface area contributed by atoms with Crippen LogP contribution in [0, 0.1) is 5.82 Å². The average Bonchev–Trinajstić information content (AvgIpc) is 1.70. The summed E-state index contributed by atoms with van der Waals surface area (Å²) in [4.78, 5) is 58.6. The molecule has 0 spiro atoms. The predicted octanol–water partition coefficient (Wildman–Crippen LogP) is 27.2. The van der Waals surface area contributed by atoms with E-state index in [1.807, 2.05) is 156 Å². The van der Waals surface area contributed by atoms with E-state index in [4.69, 9.17) is 102 Å². The van der Waals surface area contributed by atoms with Crippen molar-refractivity contribution in [2.45, 2.75) is 273 Å². The summed E-state index contributed by atoms with van der Waals surface area (Å²) in [5, 5.41) is 26.8. The standard InChI is InChI=1S/C23H22ClF3N2O2.C23H25ClN2O3.C22H22ClFN2O2.C22H29ClN2O2.C21H27ClN2O2/c1-15(30)22(2,3)31-14-19-12-21(16-8-6-9-18(11-16)23(25,26)27)29(28-19)13-17-7-4-5-10-20(17)24;1-16(27)23(2,3)29-15-19-13-22(17-9-7-10-20(12-17)28-4)26(25-19)14-18-8-5-6-11-21(18)24;1-15(27)22(2,3)28-14-19-12-21(16-8-6-9-18(24)11-16)26(25-19)13-17-7-4-5-10-20(17)23;1-16(26)22(2,3)27-15-19-13-21(17-9-5-4-6-10-17)25(24-19)14-18-11-7-8-12-20(18)23;1-15(25)21(2,3)26-14-18-12-20(16-8-4-5-9-16)24(23-18)13-17-10-6-7-11-19(17)22/h4-12H,13-14H2,1-3H3;5-13H,14-15H2,1-4H3;4-12H,13-14H2,1-3H3;7-8,11-13,17H,4-6,9-10,14-15H2,1-3H3;6-7,10-12,16H,4-5,8-9,13-14H2,1-3H3. The number of halogens is 9. The van der Waals surface area contributed by atoms with Gasteiger partial charge in [0.25, 0.3) is 0 Å². The van der Waals surface area contributed by atoms with Gasteiger partial charge < -0.3 is 28.4 Å². The molecule has 748 valence electrons. The topological polar surface area (TPSA) is 230 Å². The molecule has 2 saturated carbocycles. The molecular weight excluding hydrogens is 1900 g/mol. The molecule has 0 atom stereocenters. The van der Waals surface area contributed by atoms with E-state index in [1.165, 1.54) is 108 Å². The Morgan fingerprint density at radius 1 is 0.319 bits per heavy atom. The number of carbonyl (C=O) groups excluding carboxylic acids is 5. The quantitative estimate of drug-likeness (QED) is 0.0332. The SMILES string of the molecule is CC(=O)C(C)(C)OCc1cc(-c2cccc(C(F)(F)F)c2)n(Cc2ccccc2Cl)n1.CC(=O)C(C)(C)OCc1cc(-c2cccc(F)c2)n(Cc2ccccc2Cl)n1.CC(=O)C(C)(C)OCc1cc(C2CCCC2)n(Cc2ccccc2Cl)n1.CC(=O)C(C)(C)OCc1cc(C2CCCCC2)n(Cc2ccccc2Cl)n1.COc1cccc(-c2cc(COC(C)(C)C(C)=O)nn2Cc2ccccc2Cl)c1. The molecule has 21 nitrogen and oxygen atoms in total. The van der Waals surface area contributed by atoms with Crippen molar-refractivity contribution in [1.82, 2.24) is 48.9 Å². The van der Waals surface area contributed by atoms with Crippen molar-refractivity contribution in [3.8, 4) is 39.5 Å². The fourth-order valence-corrected chi connectivity index (χ4v) is 16.3. The second-order valence-electron chi connectivity index (χ2n) is 37.8. The first-order valence-electron chi connectivity index (χ1n) is 47.1. The van der Waals surface area contributed by atoms with Gasteiger partial charge >= 0.3 is 6.18 Å². The van der Waals surface area contributed by atoms with Gasteiger partial charge in [-0.3, -0.25) is 47.4 Å². The van der Waals surface area contributed by atoms with Crippen LogP contribution in [0.5, 0.6) is 5.75 Å². The van der Waals surface area contributed by atoms with E-state index in [0.717, 1.165) is 89.8 Å². The Kier molecular flexibility index (Phi) is 38.9. The Hall–Kier alpha value is -11.1. The van der Waals surface area contributed by atoms with Crippen LogP contribution in [0.25, 0.3) is 33.8 Å². The highest BCUT2D eigenvalue weighted by Gasteiger charge is 2.35. The Bertz CT molecular complexity index is 6440. The van der Waals surface area contributed by atoms with Crippen molar-refractivity contribution >= 4 is 86.9 Å². The van der Waals surface area contributed by atoms with Crippen LogP contribution in [-0.2, 0) is 120 Å². The second kappa shape index (κ2) is 49.8. The molecule has 0 radical (unpaired) electrons. The van der Waals surface area contributed by atoms with Crippen LogP contribution < -0.4 is 4.74 Å². The smallest absolute Gasteiger partial charge is 0.416 e. The number of ether oxygens (including phenoxy) is 6. The third-order valence-corrected chi connectivity index (χ3v) is 27.4. The van der Waals surface area contributed by atoms with E-state index < -0.39 is 39.7 Å². The van der Waals surface area contributed by atoms with Crippen molar-refractivity contribution in [3.05, 3.63) is 329 Å². The third-order valence-electron chi connectivity index (χ3n) is 25.5. The molecule has 0 unspecified atom stereocenters. The Balaban J connectivity index is 0.000000169. The number of nitrogens with zero attached hydrogens (tertiary/aromatic N) is 10. The van der Waals surface area contributed by atoms with Crippen LogP contribution in [0.3, 0.4) is 0 Å². The molecule has 15 rings (SSSR count). The summed E-state index contributed by atoms with van der Waals surface area (Å²) >= 11 is 31.6. The molecule has 2 fully saturated rings. The number of rotatable bonds is 36. The minimum atomic E-state index is -4.46. The first-order valence-corrected chi connectivity index (χ1v) is 49.0. The molecule has 0 saturated heterocycles. The van der Waals surface area contributed by atoms with Gasteiger partial charge in [0, 0.05) is 65.0 Å². The van der Waals surface area contributed by atoms with E-state index in [0.29, 0.717) is 94.5 Å². The number of alkyl halides is 3. The molecule has 0 amide bonds. The van der Waals surface area contributed by atoms with Crippen LogP contribution in [0.2, 0.25) is 25.1 Å². The summed E-state index contributed by atoms with van der Waals surface area (Å²) < 4.78 is 97.2. The van der Waals surface area contributed by atoms with Crippen molar-refractivity contribution in [1.29, 1.82) is 0 Å². The molecular formula is C111H125Cl5F4N10O11. The number of Topliss-reactive ketones (excluding diaryl/α,β-unsaturated/α-hetero) is 5. The largest absolute Gasteiger partial charge is 0.497 e. The molecule has 2 aliphatic carbocycles. The molecule has 30 heteroatoms. The minimum absolute atomic E-state index is 0.0176. The van der Waals surface area contributed by atoms with Crippen LogP contribution in [0.1, 0.15) is 247 Å². The van der Waals surface area contributed by atoms with Gasteiger partial charge in [-0.2, -0.15) is 38.7 Å². The Morgan fingerprint density at radius 3 is 0.858 bits per heavy atom. The fraction of sp³-hybridized carbons (Fsp3) is 0.387. The number of methoxy groups -OCH3 is 1. The Labute approximate surface area is 848 Å². The molecule has 8 aromatic carbocycles. The number of aromatic nitrogens is 10. The molecule has 13 aromatic rings. The lowest BCUT2D eigenvalue weighted by molar-refractivity contribution is -0.140. The van der Waals surface area contributed by atoms with Gasteiger partial charge in [0.15, 0.2) is 28.9 Å². The van der Waals surface area contributed by atoms with Gasteiger partial charge in [-0.25, -0.2) is 4.39 Å². The van der Waals surface area contributed by atoms with Crippen molar-refractivity contribution in [2.75, 3.05) is 7.11 Å². The summed E-state index contributed by atoms with van der Waals surface area (Å²) in [6.45, 7) is 28.7. The van der Waals surface area contributed by atoms with Crippen LogP contribution >= 0.6 is 58.0 Å². The molecule has 0 N–H and O–H groups in total. The zero-order chi connectivity index (χ0) is 102. The number of hydrogen-bond donors (Lipinski definition) is 0. The number of hydrogen-bond acceptors (Lipinski definition) is 16. The highest BCUT2D eigenvalue weighted by Crippen LogP contribution is 2.40. The van der Waals surface area contributed by atoms with Crippen molar-refractivity contribution < 1.29 is 70.0 Å². The first kappa shape index (κ1) is 110. The lowest BCUT2D eigenvalue weighted by Gasteiger charge is -2.22. The highest BCUT2D eigenvalue weighted by atomic mass is 35.5. The lowest BCUT2D eigenvalue weighted by atomic mass is 9.87. The molecule has 5 aromatic heterocycles. The zero-order valence-corrected chi connectivity index (χ0v) is 86.6. The van der Waals surface area contributed by atoms with Gasteiger partial charge in [-0.1, -0.05) is 218 Å². The number of ketones is 5. The van der Waals surface area contributed by atoms with Crippen molar-refractivity contribution in [3.63, 3.8) is 0 Å². The second-order valence-corrected chi connectivity index (χ2v) is 39.9. The van der Waals surface area contributed by atoms with Gasteiger partial charge in [0.1, 0.15) is 39.6 Å². The number of benzene rings is 8. The molecule has 141 heavy (non-hydrogen) atoms. The summed E-state index contributed by atoms with van der Waals surface area (Å²) in [6.07, 6.45) is 6.74. The summed E-state index contributed by atoms with van der Waals surface area (Å²) in [7, 11) is 1.64. The van der Waals surface area contributed by atoms with Crippen LogP contribution in [0.15, 0.2) is 224 Å². The van der Waals surface area contributed by atoms with Crippen molar-refractivity contribution in [2.24, 2.45) is 0 Å². The van der Waals surface area contributed by atoms with Gasteiger partial charge in [0.05, 0.1) is 124 Å². The first-order chi connectivity index (χ1) is 66.8.